The predicted molar refractivity (Wildman–Crippen MR) is 108 cm³/mol. The van der Waals surface area contributed by atoms with Gasteiger partial charge in [-0.2, -0.15) is 8.75 Å². The van der Waals surface area contributed by atoms with E-state index in [1.54, 1.807) is 0 Å². The third-order valence-electron chi connectivity index (χ3n) is 5.19. The lowest BCUT2D eigenvalue weighted by Crippen LogP contribution is -2.52. The Balaban J connectivity index is 1.42. The molecule has 1 unspecified atom stereocenters. The summed E-state index contributed by atoms with van der Waals surface area (Å²) in [6.07, 6.45) is 0.789. The number of aliphatic hydroxyl groups is 1. The Kier molecular flexibility index (Phi) is 5.73. The summed E-state index contributed by atoms with van der Waals surface area (Å²) in [5.74, 6) is 0. The van der Waals surface area contributed by atoms with Gasteiger partial charge in [0.2, 0.25) is 0 Å². The first-order valence-electron chi connectivity index (χ1n) is 9.42. The highest BCUT2D eigenvalue weighted by molar-refractivity contribution is 7.00. The Morgan fingerprint density at radius 3 is 2.85 bits per heavy atom. The van der Waals surface area contributed by atoms with Crippen LogP contribution < -0.4 is 0 Å². The molecule has 4 rings (SSSR count). The van der Waals surface area contributed by atoms with E-state index in [4.69, 9.17) is 0 Å². The number of pyridine rings is 1. The van der Waals surface area contributed by atoms with Crippen LogP contribution in [0, 0.1) is 6.92 Å². The summed E-state index contributed by atoms with van der Waals surface area (Å²) >= 11 is 1.26. The molecule has 0 spiro atoms. The fourth-order valence-electron chi connectivity index (χ4n) is 3.81. The summed E-state index contributed by atoms with van der Waals surface area (Å²) < 4.78 is 8.62. The first-order chi connectivity index (χ1) is 13.2. The number of fused-ring (bicyclic) bond motifs is 1. The van der Waals surface area contributed by atoms with E-state index in [0.29, 0.717) is 6.04 Å². The molecule has 7 heteroatoms. The normalized spacial score (nSPS) is 19.0. The van der Waals surface area contributed by atoms with Crippen LogP contribution in [-0.4, -0.2) is 60.9 Å². The number of aliphatic hydroxyl groups excluding tert-OH is 1. The van der Waals surface area contributed by atoms with Crippen LogP contribution in [0.25, 0.3) is 11.0 Å². The van der Waals surface area contributed by atoms with Crippen LogP contribution in [0.4, 0.5) is 0 Å². The smallest absolute Gasteiger partial charge is 0.105 e. The maximum Gasteiger partial charge on any atom is 0.105 e. The quantitative estimate of drug-likeness (QED) is 0.705. The predicted octanol–water partition coefficient (Wildman–Crippen LogP) is 2.46. The number of hydrogen-bond acceptors (Lipinski definition) is 7. The van der Waals surface area contributed by atoms with E-state index in [-0.39, 0.29) is 6.61 Å². The lowest BCUT2D eigenvalue weighted by atomic mass is 10.1. The van der Waals surface area contributed by atoms with E-state index in [2.05, 4.69) is 53.9 Å². The van der Waals surface area contributed by atoms with Crippen LogP contribution >= 0.6 is 11.7 Å². The number of nitrogens with zero attached hydrogens (tertiary/aromatic N) is 5. The molecule has 0 saturated carbocycles. The Morgan fingerprint density at radius 2 is 2.00 bits per heavy atom. The van der Waals surface area contributed by atoms with Crippen molar-refractivity contribution in [3.05, 3.63) is 53.3 Å². The minimum absolute atomic E-state index is 0.215. The third kappa shape index (κ3) is 4.50. The Morgan fingerprint density at radius 1 is 1.11 bits per heavy atom. The minimum Gasteiger partial charge on any atom is -0.396 e. The van der Waals surface area contributed by atoms with Crippen molar-refractivity contribution in [1.82, 2.24) is 23.5 Å². The summed E-state index contributed by atoms with van der Waals surface area (Å²) in [5, 5.41) is 9.54. The van der Waals surface area contributed by atoms with Crippen LogP contribution in [0.3, 0.4) is 0 Å². The SMILES string of the molecule is Cc1cccc(CN2CCN(Cc3ccc4nsnc4c3)CC2CCO)n1. The van der Waals surface area contributed by atoms with E-state index < -0.39 is 0 Å². The second-order valence-corrected chi connectivity index (χ2v) is 7.76. The maximum atomic E-state index is 9.54. The number of aromatic nitrogens is 3. The molecule has 6 nitrogen and oxygen atoms in total. The lowest BCUT2D eigenvalue weighted by Gasteiger charge is -2.41. The molecule has 3 heterocycles. The number of aryl methyl sites for hydroxylation is 1. The van der Waals surface area contributed by atoms with Gasteiger partial charge in [0.05, 0.1) is 17.4 Å². The van der Waals surface area contributed by atoms with Gasteiger partial charge in [-0.15, -0.1) is 0 Å². The van der Waals surface area contributed by atoms with Crippen LogP contribution in [0.1, 0.15) is 23.4 Å². The maximum absolute atomic E-state index is 9.54. The molecule has 1 aliphatic rings. The number of benzene rings is 1. The molecular weight excluding hydrogens is 358 g/mol. The molecule has 0 aliphatic carbocycles. The van der Waals surface area contributed by atoms with Crippen molar-refractivity contribution in [3.8, 4) is 0 Å². The Hall–Kier alpha value is -1.93. The zero-order chi connectivity index (χ0) is 18.6. The Bertz CT molecular complexity index is 899. The summed E-state index contributed by atoms with van der Waals surface area (Å²) in [6, 6.07) is 12.9. The fraction of sp³-hybridized carbons (Fsp3) is 0.450. The molecule has 0 amide bonds. The highest BCUT2D eigenvalue weighted by Crippen LogP contribution is 2.20. The van der Waals surface area contributed by atoms with Crippen molar-refractivity contribution in [2.24, 2.45) is 0 Å². The summed E-state index contributed by atoms with van der Waals surface area (Å²) in [6.45, 7) is 6.96. The van der Waals surface area contributed by atoms with E-state index in [9.17, 15) is 5.11 Å². The van der Waals surface area contributed by atoms with Crippen LogP contribution in [0.2, 0.25) is 0 Å². The van der Waals surface area contributed by atoms with E-state index in [0.717, 1.165) is 61.6 Å². The van der Waals surface area contributed by atoms with Crippen molar-refractivity contribution in [2.75, 3.05) is 26.2 Å². The van der Waals surface area contributed by atoms with Gasteiger partial charge >= 0.3 is 0 Å². The van der Waals surface area contributed by atoms with Crippen molar-refractivity contribution in [3.63, 3.8) is 0 Å². The number of hydrogen-bond donors (Lipinski definition) is 1. The molecule has 27 heavy (non-hydrogen) atoms. The van der Waals surface area contributed by atoms with Gasteiger partial charge in [-0.1, -0.05) is 12.1 Å². The van der Waals surface area contributed by atoms with Crippen LogP contribution in [0.15, 0.2) is 36.4 Å². The minimum atomic E-state index is 0.215. The van der Waals surface area contributed by atoms with Crippen molar-refractivity contribution < 1.29 is 5.11 Å². The fourth-order valence-corrected chi connectivity index (χ4v) is 4.33. The lowest BCUT2D eigenvalue weighted by molar-refractivity contribution is 0.0491. The van der Waals surface area contributed by atoms with Crippen molar-refractivity contribution >= 4 is 22.8 Å². The summed E-state index contributed by atoms with van der Waals surface area (Å²) in [5.41, 5.74) is 5.38. The highest BCUT2D eigenvalue weighted by atomic mass is 32.1. The van der Waals surface area contributed by atoms with Gasteiger partial charge in [-0.3, -0.25) is 14.8 Å². The monoisotopic (exact) mass is 383 g/mol. The van der Waals surface area contributed by atoms with E-state index in [1.165, 1.54) is 17.3 Å². The van der Waals surface area contributed by atoms with Crippen LogP contribution in [-0.2, 0) is 13.1 Å². The zero-order valence-electron chi connectivity index (χ0n) is 15.6. The van der Waals surface area contributed by atoms with Gasteiger partial charge < -0.3 is 5.11 Å². The van der Waals surface area contributed by atoms with Gasteiger partial charge in [0, 0.05) is 51.1 Å². The summed E-state index contributed by atoms with van der Waals surface area (Å²) in [7, 11) is 0. The van der Waals surface area contributed by atoms with Gasteiger partial charge in [0.25, 0.3) is 0 Å². The molecule has 3 aromatic rings. The largest absolute Gasteiger partial charge is 0.396 e. The number of rotatable bonds is 6. The molecule has 1 aliphatic heterocycles. The third-order valence-corrected chi connectivity index (χ3v) is 5.74. The second-order valence-electron chi connectivity index (χ2n) is 7.23. The molecule has 0 radical (unpaired) electrons. The molecule has 0 bridgehead atoms. The van der Waals surface area contributed by atoms with Gasteiger partial charge in [0.15, 0.2) is 0 Å². The van der Waals surface area contributed by atoms with Crippen LogP contribution in [0.5, 0.6) is 0 Å². The summed E-state index contributed by atoms with van der Waals surface area (Å²) in [4.78, 5) is 9.58. The average Bonchev–Trinajstić information content (AvgIpc) is 3.12. The van der Waals surface area contributed by atoms with Crippen molar-refractivity contribution in [1.29, 1.82) is 0 Å². The van der Waals surface area contributed by atoms with E-state index in [1.807, 2.05) is 13.0 Å². The molecule has 1 saturated heterocycles. The molecule has 142 valence electrons. The molecule has 2 aromatic heterocycles. The molecule has 1 fully saturated rings. The average molecular weight is 384 g/mol. The second kappa shape index (κ2) is 8.39. The molecule has 1 atom stereocenters. The first kappa shape index (κ1) is 18.4. The number of piperazine rings is 1. The van der Waals surface area contributed by atoms with Crippen molar-refractivity contribution in [2.45, 2.75) is 32.5 Å². The van der Waals surface area contributed by atoms with Gasteiger partial charge in [-0.05, 0) is 43.2 Å². The first-order valence-corrected chi connectivity index (χ1v) is 10.2. The highest BCUT2D eigenvalue weighted by Gasteiger charge is 2.27. The standard InChI is InChI=1S/C20H25N5OS/c1-15-3-2-4-17(21-15)13-25-9-8-24(14-18(25)7-10-26)12-16-5-6-19-20(11-16)23-27-22-19/h2-6,11,18,26H,7-10,12-14H2,1H3. The topological polar surface area (TPSA) is 65.4 Å². The molecule has 1 aromatic carbocycles. The molecular formula is C20H25N5OS. The zero-order valence-corrected chi connectivity index (χ0v) is 16.4. The van der Waals surface area contributed by atoms with E-state index >= 15 is 0 Å². The molecule has 1 N–H and O–H groups in total. The van der Waals surface area contributed by atoms with Gasteiger partial charge in [-0.25, -0.2) is 0 Å². The Labute approximate surface area is 163 Å². The van der Waals surface area contributed by atoms with Gasteiger partial charge in [0.1, 0.15) is 11.0 Å².